The lowest BCUT2D eigenvalue weighted by atomic mass is 9.84. The number of ether oxygens (including phenoxy) is 3. The first-order valence-electron chi connectivity index (χ1n) is 16.0. The van der Waals surface area contributed by atoms with E-state index >= 15 is 0 Å². The quantitative estimate of drug-likeness (QED) is 0.0528. The molecule has 2 saturated heterocycles. The second-order valence-corrected chi connectivity index (χ2v) is 13.5. The number of thioether (sulfide) groups is 1. The average Bonchev–Trinajstić information content (AvgIpc) is 3.00. The molecule has 2 aliphatic rings. The van der Waals surface area contributed by atoms with Gasteiger partial charge in [0.2, 0.25) is 17.7 Å². The molecule has 47 heavy (non-hydrogen) atoms. The Balaban J connectivity index is 1.91. The van der Waals surface area contributed by atoms with E-state index in [1.807, 2.05) is 26.2 Å². The maximum atomic E-state index is 12.5. The summed E-state index contributed by atoms with van der Waals surface area (Å²) in [4.78, 5) is 47.5. The molecule has 14 heteroatoms. The molecule has 0 aromatic heterocycles. The Morgan fingerprint density at radius 2 is 1.79 bits per heavy atom. The zero-order valence-electron chi connectivity index (χ0n) is 28.2. The number of aliphatic hydroxyl groups excluding tert-OH is 1. The average molecular weight is 702 g/mol. The van der Waals surface area contributed by atoms with Crippen molar-refractivity contribution in [3.05, 3.63) is 36.0 Å². The van der Waals surface area contributed by atoms with E-state index in [2.05, 4.69) is 22.9 Å². The summed E-state index contributed by atoms with van der Waals surface area (Å²) in [5, 5.41) is 30.3. The molecule has 12 nitrogen and oxygen atoms in total. The van der Waals surface area contributed by atoms with Crippen molar-refractivity contribution in [2.24, 2.45) is 5.92 Å². The number of hydrogen-bond acceptors (Lipinski definition) is 10. The van der Waals surface area contributed by atoms with Crippen LogP contribution in [0.25, 0.3) is 0 Å². The van der Waals surface area contributed by atoms with Crippen molar-refractivity contribution in [3.63, 3.8) is 0 Å². The Morgan fingerprint density at radius 3 is 2.43 bits per heavy atom. The van der Waals surface area contributed by atoms with Gasteiger partial charge in [-0.15, -0.1) is 11.6 Å². The lowest BCUT2D eigenvalue weighted by Gasteiger charge is -2.43. The lowest BCUT2D eigenvalue weighted by Crippen LogP contribution is -2.58. The van der Waals surface area contributed by atoms with Crippen LogP contribution in [0, 0.1) is 5.92 Å². The van der Waals surface area contributed by atoms with Crippen LogP contribution in [0.1, 0.15) is 60.3 Å². The van der Waals surface area contributed by atoms with E-state index in [0.717, 1.165) is 12.0 Å². The van der Waals surface area contributed by atoms with Gasteiger partial charge in [-0.25, -0.2) is 0 Å². The van der Waals surface area contributed by atoms with Crippen LogP contribution in [0.15, 0.2) is 36.0 Å². The van der Waals surface area contributed by atoms with Gasteiger partial charge in [0.15, 0.2) is 0 Å². The summed E-state index contributed by atoms with van der Waals surface area (Å²) < 4.78 is 17.3. The molecule has 0 radical (unpaired) electrons. The highest BCUT2D eigenvalue weighted by molar-refractivity contribution is 7.99. The predicted molar refractivity (Wildman–Crippen MR) is 182 cm³/mol. The lowest BCUT2D eigenvalue weighted by molar-refractivity contribution is -0.195. The fourth-order valence-electron chi connectivity index (χ4n) is 5.52. The minimum atomic E-state index is -1.63. The molecule has 0 aromatic carbocycles. The highest BCUT2D eigenvalue weighted by atomic mass is 35.5. The molecule has 266 valence electrons. The Labute approximate surface area is 287 Å². The molecule has 0 aliphatic carbocycles. The van der Waals surface area contributed by atoms with Crippen LogP contribution in [0.5, 0.6) is 0 Å². The minimum absolute atomic E-state index is 0.00502. The van der Waals surface area contributed by atoms with Crippen LogP contribution in [0.4, 0.5) is 0 Å². The molecule has 0 saturated carbocycles. The molecule has 5 N–H and O–H groups in total. The molecule has 2 heterocycles. The smallest absolute Gasteiger partial charge is 0.303 e. The summed E-state index contributed by atoms with van der Waals surface area (Å²) in [5.41, 5.74) is -0.739. The maximum Gasteiger partial charge on any atom is 0.303 e. The maximum absolute atomic E-state index is 12.5. The number of carbonyl (C=O) groups excluding carboxylic acids is 4. The normalized spacial score (nSPS) is 30.6. The SMILES string of the molecule is CSCC(=O)NCCNC(=O)C[C@@H]1C[C@@](O)(CCl)[C@H](O)[C@@H](/C=C/C(C)=C/C[C@@H]2O[C@H](C)[C@H](NC(=O)/C=C\[C@H](C)OC(C)=O)C[C@@H]2C)O1. The highest BCUT2D eigenvalue weighted by Crippen LogP contribution is 2.33. The summed E-state index contributed by atoms with van der Waals surface area (Å²) in [6, 6.07) is -0.168. The zero-order chi connectivity index (χ0) is 35.1. The minimum Gasteiger partial charge on any atom is -0.459 e. The van der Waals surface area contributed by atoms with Gasteiger partial charge in [-0.2, -0.15) is 11.8 Å². The van der Waals surface area contributed by atoms with Crippen molar-refractivity contribution < 1.29 is 43.6 Å². The molecule has 0 spiro atoms. The monoisotopic (exact) mass is 701 g/mol. The molecule has 0 bridgehead atoms. The van der Waals surface area contributed by atoms with Crippen LogP contribution in [-0.4, -0.2) is 113 Å². The number of amides is 3. The van der Waals surface area contributed by atoms with Gasteiger partial charge in [0.25, 0.3) is 0 Å². The standard InChI is InChI=1S/C33H52ClN3O9S/c1-20(7-10-27-21(2)15-26(23(4)45-27)37-29(39)12-9-22(3)44-24(5)38)8-11-28-32(42)33(43,19-34)17-25(46-28)16-30(40)35-13-14-36-31(41)18-47-6/h7-9,11-12,21-23,25-28,32,42-43H,10,13-19H2,1-6H3,(H,35,40)(H,36,41)(H,37,39)/b11-8+,12-9-,20-7+/t21-,22-,23+,25+,26+,27-,28+,32+,33+/m0/s1. The number of aliphatic hydroxyl groups is 2. The third kappa shape index (κ3) is 14.3. The number of nitrogens with one attached hydrogen (secondary N) is 3. The van der Waals surface area contributed by atoms with Gasteiger partial charge in [0, 0.05) is 32.5 Å². The Hall–Kier alpha value is -2.42. The third-order valence-corrected chi connectivity index (χ3v) is 9.13. The summed E-state index contributed by atoms with van der Waals surface area (Å²) >= 11 is 7.46. The number of rotatable bonds is 16. The number of carbonyl (C=O) groups is 4. The van der Waals surface area contributed by atoms with Crippen molar-refractivity contribution in [2.45, 2.75) is 109 Å². The predicted octanol–water partition coefficient (Wildman–Crippen LogP) is 2.16. The van der Waals surface area contributed by atoms with E-state index in [9.17, 15) is 29.4 Å². The molecular formula is C33H52ClN3O9S. The number of hydrogen-bond donors (Lipinski definition) is 5. The van der Waals surface area contributed by atoms with E-state index < -0.39 is 36.0 Å². The van der Waals surface area contributed by atoms with E-state index in [1.54, 1.807) is 19.1 Å². The van der Waals surface area contributed by atoms with E-state index in [4.69, 9.17) is 25.8 Å². The fraction of sp³-hybridized carbons (Fsp3) is 0.697. The molecule has 0 aromatic rings. The van der Waals surface area contributed by atoms with Crippen molar-refractivity contribution in [1.82, 2.24) is 16.0 Å². The molecule has 3 amide bonds. The van der Waals surface area contributed by atoms with Gasteiger partial charge in [-0.1, -0.05) is 30.7 Å². The largest absolute Gasteiger partial charge is 0.459 e. The first kappa shape index (κ1) is 40.8. The van der Waals surface area contributed by atoms with E-state index in [-0.39, 0.29) is 67.2 Å². The van der Waals surface area contributed by atoms with Crippen molar-refractivity contribution >= 4 is 47.1 Å². The molecule has 9 atom stereocenters. The van der Waals surface area contributed by atoms with E-state index in [0.29, 0.717) is 18.7 Å². The van der Waals surface area contributed by atoms with Gasteiger partial charge in [-0.3, -0.25) is 19.2 Å². The van der Waals surface area contributed by atoms with Gasteiger partial charge < -0.3 is 40.4 Å². The summed E-state index contributed by atoms with van der Waals surface area (Å²) in [7, 11) is 0. The summed E-state index contributed by atoms with van der Waals surface area (Å²) in [6.45, 7) is 9.46. The number of esters is 1. The summed E-state index contributed by atoms with van der Waals surface area (Å²) in [6.07, 6.45) is 7.89. The first-order valence-corrected chi connectivity index (χ1v) is 17.9. The van der Waals surface area contributed by atoms with Crippen LogP contribution < -0.4 is 16.0 Å². The van der Waals surface area contributed by atoms with Gasteiger partial charge in [0.1, 0.15) is 23.9 Å². The van der Waals surface area contributed by atoms with Gasteiger partial charge in [-0.05, 0) is 51.9 Å². The second kappa shape index (κ2) is 20.2. The number of halogens is 1. The summed E-state index contributed by atoms with van der Waals surface area (Å²) in [5.74, 6) is -0.815. The van der Waals surface area contributed by atoms with Gasteiger partial charge in [0.05, 0.1) is 42.4 Å². The Morgan fingerprint density at radius 1 is 1.11 bits per heavy atom. The van der Waals surface area contributed by atoms with Crippen LogP contribution in [-0.2, 0) is 33.4 Å². The Bertz CT molecular complexity index is 1150. The van der Waals surface area contributed by atoms with Crippen LogP contribution >= 0.6 is 23.4 Å². The third-order valence-electron chi connectivity index (χ3n) is 8.12. The molecule has 0 unspecified atom stereocenters. The second-order valence-electron chi connectivity index (χ2n) is 12.4. The van der Waals surface area contributed by atoms with Crippen molar-refractivity contribution in [3.8, 4) is 0 Å². The van der Waals surface area contributed by atoms with E-state index in [1.165, 1.54) is 30.8 Å². The molecular weight excluding hydrogens is 650 g/mol. The highest BCUT2D eigenvalue weighted by Gasteiger charge is 2.47. The first-order chi connectivity index (χ1) is 22.2. The number of allylic oxidation sites excluding steroid dienone is 2. The van der Waals surface area contributed by atoms with Crippen molar-refractivity contribution in [2.75, 3.05) is 31.0 Å². The number of alkyl halides is 1. The zero-order valence-corrected chi connectivity index (χ0v) is 29.8. The van der Waals surface area contributed by atoms with Crippen LogP contribution in [0.3, 0.4) is 0 Å². The topological polar surface area (TPSA) is 173 Å². The van der Waals surface area contributed by atoms with Gasteiger partial charge >= 0.3 is 5.97 Å². The van der Waals surface area contributed by atoms with Crippen LogP contribution in [0.2, 0.25) is 0 Å². The van der Waals surface area contributed by atoms with Crippen molar-refractivity contribution in [1.29, 1.82) is 0 Å². The molecule has 2 fully saturated rings. The molecule has 2 aliphatic heterocycles. The fourth-order valence-corrected chi connectivity index (χ4v) is 6.15. The Kier molecular flexibility index (Phi) is 17.5. The molecule has 2 rings (SSSR count).